The lowest BCUT2D eigenvalue weighted by molar-refractivity contribution is 0.171. The van der Waals surface area contributed by atoms with E-state index in [1.807, 2.05) is 0 Å². The lowest BCUT2D eigenvalue weighted by atomic mass is 9.97. The normalized spacial score (nSPS) is 14.6. The molecule has 1 aromatic heterocycles. The van der Waals surface area contributed by atoms with Crippen LogP contribution in [0.3, 0.4) is 0 Å². The zero-order valence-electron chi connectivity index (χ0n) is 19.6. The van der Waals surface area contributed by atoms with Crippen LogP contribution in [-0.2, 0) is 35.8 Å². The number of hydrogen-bond donors (Lipinski definition) is 3. The minimum Gasteiger partial charge on any atom is -0.412 e. The number of aromatic nitrogens is 1. The average Bonchev–Trinajstić information content (AvgIpc) is 3.17. The number of H-pyrrole nitrogens is 1. The van der Waals surface area contributed by atoms with Crippen LogP contribution in [0.4, 0.5) is 0 Å². The smallest absolute Gasteiger partial charge is 0.306 e. The fourth-order valence-electron chi connectivity index (χ4n) is 4.74. The van der Waals surface area contributed by atoms with Gasteiger partial charge in [-0.3, -0.25) is 4.79 Å². The topological polar surface area (TPSA) is 140 Å². The van der Waals surface area contributed by atoms with Crippen LogP contribution < -0.4 is 15.1 Å². The van der Waals surface area contributed by atoms with E-state index in [0.29, 0.717) is 17.5 Å². The Morgan fingerprint density at radius 1 is 1.09 bits per heavy atom. The molecule has 0 saturated carbocycles. The van der Waals surface area contributed by atoms with Crippen LogP contribution in [0, 0.1) is 0 Å². The highest BCUT2D eigenvalue weighted by atomic mass is 32.2. The van der Waals surface area contributed by atoms with Crippen molar-refractivity contribution in [3.8, 4) is 5.75 Å². The molecule has 9 heteroatoms. The van der Waals surface area contributed by atoms with Crippen LogP contribution >= 0.6 is 0 Å². The first-order valence-electron chi connectivity index (χ1n) is 11.3. The van der Waals surface area contributed by atoms with Crippen molar-refractivity contribution in [2.24, 2.45) is 0 Å². The molecule has 5 N–H and O–H groups in total. The molecule has 0 fully saturated rings. The number of benzene rings is 2. The van der Waals surface area contributed by atoms with Gasteiger partial charge in [-0.1, -0.05) is 32.0 Å². The number of fused-ring (bicyclic) bond motifs is 2. The number of hydrogen-bond acceptors (Lipinski definition) is 6. The van der Waals surface area contributed by atoms with E-state index in [1.54, 1.807) is 12.1 Å². The molecule has 1 atom stereocenters. The van der Waals surface area contributed by atoms with Crippen LogP contribution in [0.15, 0.2) is 41.2 Å². The van der Waals surface area contributed by atoms with Crippen LogP contribution in [0.1, 0.15) is 47.8 Å². The number of pyridine rings is 1. The van der Waals surface area contributed by atoms with Crippen molar-refractivity contribution >= 4 is 21.0 Å². The first-order valence-corrected chi connectivity index (χ1v) is 13.1. The largest absolute Gasteiger partial charge is 0.412 e. The monoisotopic (exact) mass is 488 g/mol. The van der Waals surface area contributed by atoms with Gasteiger partial charge >= 0.3 is 10.1 Å². The van der Waals surface area contributed by atoms with E-state index in [4.69, 9.17) is 4.18 Å². The Morgan fingerprint density at radius 3 is 2.26 bits per heavy atom. The van der Waals surface area contributed by atoms with Crippen LogP contribution in [0.25, 0.3) is 10.9 Å². The quantitative estimate of drug-likeness (QED) is 0.414. The third kappa shape index (κ3) is 5.50. The van der Waals surface area contributed by atoms with E-state index in [-0.39, 0.29) is 28.3 Å². The molecule has 0 radical (unpaired) electrons. The molecule has 0 bridgehead atoms. The number of aliphatic hydroxyl groups excluding tert-OH is 1. The summed E-state index contributed by atoms with van der Waals surface area (Å²) in [5, 5.41) is 15.0. The molecular formula is C25H32N2O6S. The van der Waals surface area contributed by atoms with Crippen LogP contribution in [-0.4, -0.2) is 42.8 Å². The first kappa shape index (κ1) is 25.9. The Kier molecular flexibility index (Phi) is 7.82. The van der Waals surface area contributed by atoms with Crippen molar-refractivity contribution in [1.82, 2.24) is 10.3 Å². The summed E-state index contributed by atoms with van der Waals surface area (Å²) in [7, 11) is -3.77. The van der Waals surface area contributed by atoms with Crippen molar-refractivity contribution in [3.05, 3.63) is 74.6 Å². The van der Waals surface area contributed by atoms with Crippen molar-refractivity contribution in [2.45, 2.75) is 51.7 Å². The van der Waals surface area contributed by atoms with Crippen molar-refractivity contribution in [1.29, 1.82) is 0 Å². The molecule has 3 aromatic rings. The number of aliphatic hydroxyl groups is 1. The molecule has 2 aromatic carbocycles. The predicted molar refractivity (Wildman–Crippen MR) is 133 cm³/mol. The molecule has 1 aliphatic carbocycles. The summed E-state index contributed by atoms with van der Waals surface area (Å²) in [6.45, 7) is 4.71. The van der Waals surface area contributed by atoms with E-state index in [0.717, 1.165) is 31.9 Å². The first-order chi connectivity index (χ1) is 15.7. The van der Waals surface area contributed by atoms with Crippen LogP contribution in [0.2, 0.25) is 0 Å². The second-order valence-corrected chi connectivity index (χ2v) is 10.3. The SMILES string of the molecule is CCc1cc2c(cc1CC)CC(NCC(O)c1ccc(OS(C)(=O)=O)c3[nH]c(=O)ccc13)C2.O. The van der Waals surface area contributed by atoms with E-state index in [1.165, 1.54) is 34.4 Å². The molecule has 34 heavy (non-hydrogen) atoms. The molecular weight excluding hydrogens is 456 g/mol. The van der Waals surface area contributed by atoms with Crippen molar-refractivity contribution in [3.63, 3.8) is 0 Å². The molecule has 0 aliphatic heterocycles. The van der Waals surface area contributed by atoms with Gasteiger partial charge in [0.1, 0.15) is 0 Å². The molecule has 1 heterocycles. The van der Waals surface area contributed by atoms with Gasteiger partial charge < -0.3 is 25.1 Å². The molecule has 8 nitrogen and oxygen atoms in total. The summed E-state index contributed by atoms with van der Waals surface area (Å²) in [6, 6.07) is 10.9. The Bertz CT molecular complexity index is 1320. The fraction of sp³-hybridized carbons (Fsp3) is 0.400. The summed E-state index contributed by atoms with van der Waals surface area (Å²) < 4.78 is 28.2. The summed E-state index contributed by atoms with van der Waals surface area (Å²) in [4.78, 5) is 14.5. The van der Waals surface area contributed by atoms with Gasteiger partial charge in [-0.2, -0.15) is 8.42 Å². The maximum absolute atomic E-state index is 11.8. The molecule has 4 rings (SSSR count). The maximum atomic E-state index is 11.8. The Balaban J connectivity index is 0.00000324. The molecule has 0 amide bonds. The number of aryl methyl sites for hydroxylation is 2. The highest BCUT2D eigenvalue weighted by Crippen LogP contribution is 2.31. The highest BCUT2D eigenvalue weighted by Gasteiger charge is 2.24. The lowest BCUT2D eigenvalue weighted by Gasteiger charge is -2.19. The zero-order chi connectivity index (χ0) is 23.8. The molecule has 184 valence electrons. The van der Waals surface area contributed by atoms with E-state index in [2.05, 4.69) is 36.3 Å². The van der Waals surface area contributed by atoms with Gasteiger partial charge in [-0.15, -0.1) is 0 Å². The predicted octanol–water partition coefficient (Wildman–Crippen LogP) is 1.96. The molecule has 0 saturated heterocycles. The van der Waals surface area contributed by atoms with Gasteiger partial charge in [0.05, 0.1) is 17.9 Å². The number of aromatic amines is 1. The van der Waals surface area contributed by atoms with E-state index in [9.17, 15) is 18.3 Å². The minimum atomic E-state index is -3.77. The van der Waals surface area contributed by atoms with Crippen molar-refractivity contribution < 1.29 is 23.2 Å². The third-order valence-electron chi connectivity index (χ3n) is 6.31. The Hall–Kier alpha value is -2.72. The standard InChI is InChI=1S/C25H30N2O5S.H2O/c1-4-15-10-17-12-19(13-18(17)11-16(15)5-2)26-14-22(28)20-6-8-23(32-33(3,30)31)25-21(20)7-9-24(29)27-25;/h6-11,19,22,26,28H,4-5,12-14H2,1-3H3,(H,27,29);1H2. The van der Waals surface area contributed by atoms with Crippen molar-refractivity contribution in [2.75, 3.05) is 12.8 Å². The Morgan fingerprint density at radius 2 is 1.71 bits per heavy atom. The number of rotatable bonds is 8. The van der Waals surface area contributed by atoms with Gasteiger partial charge in [0.25, 0.3) is 0 Å². The lowest BCUT2D eigenvalue weighted by Crippen LogP contribution is -2.33. The zero-order valence-corrected chi connectivity index (χ0v) is 20.5. The summed E-state index contributed by atoms with van der Waals surface area (Å²) in [6.07, 6.45) is 4.01. The van der Waals surface area contributed by atoms with Gasteiger partial charge in [0, 0.05) is 24.0 Å². The average molecular weight is 489 g/mol. The minimum absolute atomic E-state index is 0. The summed E-state index contributed by atoms with van der Waals surface area (Å²) >= 11 is 0. The Labute approximate surface area is 199 Å². The highest BCUT2D eigenvalue weighted by molar-refractivity contribution is 7.86. The third-order valence-corrected chi connectivity index (χ3v) is 6.79. The summed E-state index contributed by atoms with van der Waals surface area (Å²) in [5.41, 5.74) is 6.03. The van der Waals surface area contributed by atoms with Gasteiger partial charge in [-0.05, 0) is 65.6 Å². The van der Waals surface area contributed by atoms with Gasteiger partial charge in [-0.25, -0.2) is 0 Å². The molecule has 0 spiro atoms. The van der Waals surface area contributed by atoms with Gasteiger partial charge in [0.2, 0.25) is 5.56 Å². The molecule has 1 unspecified atom stereocenters. The second kappa shape index (κ2) is 10.3. The number of nitrogens with one attached hydrogen (secondary N) is 2. The fourth-order valence-corrected chi connectivity index (χ4v) is 5.20. The van der Waals surface area contributed by atoms with E-state index < -0.39 is 16.2 Å². The van der Waals surface area contributed by atoms with E-state index >= 15 is 0 Å². The van der Waals surface area contributed by atoms with Crippen LogP contribution in [0.5, 0.6) is 5.75 Å². The van der Waals surface area contributed by atoms with Gasteiger partial charge in [0.15, 0.2) is 5.75 Å². The summed E-state index contributed by atoms with van der Waals surface area (Å²) in [5.74, 6) is 0.0267. The maximum Gasteiger partial charge on any atom is 0.306 e. The second-order valence-electron chi connectivity index (χ2n) is 8.68. The molecule has 1 aliphatic rings.